The standard InChI is InChI=1S/C21H25ClN4O/c1-17(19-9-5-6-10-20(19)22)23-24-21(27)16-26-13-11-25(12-14-26)15-18-7-3-2-4-8-18/h2-10H,11-16H2,1H3,(H,24,27). The lowest BCUT2D eigenvalue weighted by Gasteiger charge is -2.34. The number of hydrazone groups is 1. The van der Waals surface area contributed by atoms with Crippen molar-refractivity contribution in [2.24, 2.45) is 5.10 Å². The van der Waals surface area contributed by atoms with E-state index in [0.717, 1.165) is 38.3 Å². The zero-order chi connectivity index (χ0) is 19.1. The lowest BCUT2D eigenvalue weighted by Crippen LogP contribution is -2.48. The summed E-state index contributed by atoms with van der Waals surface area (Å²) in [6, 6.07) is 18.0. The first kappa shape index (κ1) is 19.5. The normalized spacial score (nSPS) is 16.3. The zero-order valence-electron chi connectivity index (χ0n) is 15.6. The predicted octanol–water partition coefficient (Wildman–Crippen LogP) is 3.00. The topological polar surface area (TPSA) is 47.9 Å². The van der Waals surface area contributed by atoms with E-state index in [4.69, 9.17) is 11.6 Å². The molecule has 0 saturated carbocycles. The number of piperazine rings is 1. The van der Waals surface area contributed by atoms with Crippen molar-refractivity contribution >= 4 is 23.2 Å². The fourth-order valence-electron chi connectivity index (χ4n) is 3.15. The molecule has 0 unspecified atom stereocenters. The van der Waals surface area contributed by atoms with Gasteiger partial charge in [-0.2, -0.15) is 5.10 Å². The van der Waals surface area contributed by atoms with Gasteiger partial charge in [-0.25, -0.2) is 5.43 Å². The molecule has 142 valence electrons. The van der Waals surface area contributed by atoms with Crippen molar-refractivity contribution in [1.29, 1.82) is 0 Å². The number of nitrogens with one attached hydrogen (secondary N) is 1. The Labute approximate surface area is 165 Å². The molecule has 0 atom stereocenters. The molecule has 0 aliphatic carbocycles. The second kappa shape index (κ2) is 9.65. The largest absolute Gasteiger partial charge is 0.297 e. The fourth-order valence-corrected chi connectivity index (χ4v) is 3.42. The number of rotatable bonds is 6. The Morgan fingerprint density at radius 2 is 1.63 bits per heavy atom. The molecule has 1 saturated heterocycles. The molecule has 27 heavy (non-hydrogen) atoms. The number of carbonyl (C=O) groups excluding carboxylic acids is 1. The minimum Gasteiger partial charge on any atom is -0.297 e. The van der Waals surface area contributed by atoms with Gasteiger partial charge < -0.3 is 0 Å². The number of nitrogens with zero attached hydrogens (tertiary/aromatic N) is 3. The van der Waals surface area contributed by atoms with E-state index in [1.807, 2.05) is 37.3 Å². The van der Waals surface area contributed by atoms with Gasteiger partial charge in [0.05, 0.1) is 12.3 Å². The first-order valence-electron chi connectivity index (χ1n) is 9.18. The van der Waals surface area contributed by atoms with Crippen LogP contribution in [0.1, 0.15) is 18.1 Å². The summed E-state index contributed by atoms with van der Waals surface area (Å²) >= 11 is 6.16. The molecule has 2 aromatic rings. The molecule has 0 bridgehead atoms. The molecule has 3 rings (SSSR count). The molecule has 1 aliphatic rings. The van der Waals surface area contributed by atoms with Crippen LogP contribution in [0.25, 0.3) is 0 Å². The van der Waals surface area contributed by atoms with Crippen LogP contribution in [0.5, 0.6) is 0 Å². The number of benzene rings is 2. The molecule has 1 heterocycles. The van der Waals surface area contributed by atoms with Gasteiger partial charge in [0, 0.05) is 43.3 Å². The third-order valence-corrected chi connectivity index (χ3v) is 5.02. The summed E-state index contributed by atoms with van der Waals surface area (Å²) in [5.41, 5.74) is 5.49. The van der Waals surface area contributed by atoms with Crippen molar-refractivity contribution in [3.8, 4) is 0 Å². The predicted molar refractivity (Wildman–Crippen MR) is 110 cm³/mol. The number of halogens is 1. The van der Waals surface area contributed by atoms with Gasteiger partial charge in [-0.3, -0.25) is 14.6 Å². The molecule has 1 fully saturated rings. The molecule has 1 N–H and O–H groups in total. The Morgan fingerprint density at radius 1 is 1.00 bits per heavy atom. The van der Waals surface area contributed by atoms with Crippen molar-refractivity contribution in [3.05, 3.63) is 70.7 Å². The Balaban J connectivity index is 1.43. The summed E-state index contributed by atoms with van der Waals surface area (Å²) in [6.07, 6.45) is 0. The number of hydrogen-bond donors (Lipinski definition) is 1. The highest BCUT2D eigenvalue weighted by Crippen LogP contribution is 2.15. The quantitative estimate of drug-likeness (QED) is 0.615. The van der Waals surface area contributed by atoms with E-state index in [0.29, 0.717) is 17.3 Å². The van der Waals surface area contributed by atoms with E-state index in [1.54, 1.807) is 0 Å². The second-order valence-corrected chi connectivity index (χ2v) is 7.16. The highest BCUT2D eigenvalue weighted by molar-refractivity contribution is 6.34. The van der Waals surface area contributed by atoms with Crippen LogP contribution in [0.4, 0.5) is 0 Å². The summed E-state index contributed by atoms with van der Waals surface area (Å²) in [6.45, 7) is 6.85. The molecule has 1 aliphatic heterocycles. The van der Waals surface area contributed by atoms with Gasteiger partial charge in [0.2, 0.25) is 0 Å². The van der Waals surface area contributed by atoms with Crippen LogP contribution >= 0.6 is 11.6 Å². The number of amides is 1. The number of hydrogen-bond acceptors (Lipinski definition) is 4. The average Bonchev–Trinajstić information content (AvgIpc) is 2.69. The molecule has 0 radical (unpaired) electrons. The Kier molecular flexibility index (Phi) is 6.98. The molecule has 2 aromatic carbocycles. The Morgan fingerprint density at radius 3 is 2.33 bits per heavy atom. The van der Waals surface area contributed by atoms with Crippen LogP contribution in [-0.4, -0.2) is 54.1 Å². The summed E-state index contributed by atoms with van der Waals surface area (Å²) in [4.78, 5) is 16.8. The van der Waals surface area contributed by atoms with E-state index in [9.17, 15) is 4.79 Å². The minimum atomic E-state index is -0.0992. The summed E-state index contributed by atoms with van der Waals surface area (Å²) < 4.78 is 0. The Bertz CT molecular complexity index is 786. The summed E-state index contributed by atoms with van der Waals surface area (Å²) in [7, 11) is 0. The number of carbonyl (C=O) groups is 1. The van der Waals surface area contributed by atoms with E-state index >= 15 is 0 Å². The van der Waals surface area contributed by atoms with Crippen molar-refractivity contribution in [2.75, 3.05) is 32.7 Å². The van der Waals surface area contributed by atoms with Crippen molar-refractivity contribution in [3.63, 3.8) is 0 Å². The lowest BCUT2D eigenvalue weighted by molar-refractivity contribution is -0.122. The van der Waals surface area contributed by atoms with Crippen LogP contribution < -0.4 is 5.43 Å². The zero-order valence-corrected chi connectivity index (χ0v) is 16.3. The summed E-state index contributed by atoms with van der Waals surface area (Å²) in [5, 5.41) is 4.81. The molecule has 0 spiro atoms. The van der Waals surface area contributed by atoms with E-state index in [-0.39, 0.29) is 5.91 Å². The fraction of sp³-hybridized carbons (Fsp3) is 0.333. The van der Waals surface area contributed by atoms with Gasteiger partial charge in [-0.15, -0.1) is 0 Å². The van der Waals surface area contributed by atoms with Crippen LogP contribution in [0, 0.1) is 0 Å². The third kappa shape index (κ3) is 5.89. The molecular formula is C21H25ClN4O. The van der Waals surface area contributed by atoms with Crippen LogP contribution in [0.2, 0.25) is 5.02 Å². The monoisotopic (exact) mass is 384 g/mol. The van der Waals surface area contributed by atoms with Crippen molar-refractivity contribution in [2.45, 2.75) is 13.5 Å². The van der Waals surface area contributed by atoms with E-state index < -0.39 is 0 Å². The second-order valence-electron chi connectivity index (χ2n) is 6.75. The van der Waals surface area contributed by atoms with E-state index in [1.165, 1.54) is 5.56 Å². The van der Waals surface area contributed by atoms with Crippen molar-refractivity contribution < 1.29 is 4.79 Å². The van der Waals surface area contributed by atoms with Gasteiger partial charge in [0.15, 0.2) is 0 Å². The smallest absolute Gasteiger partial charge is 0.254 e. The van der Waals surface area contributed by atoms with Gasteiger partial charge in [-0.1, -0.05) is 60.1 Å². The molecule has 5 nitrogen and oxygen atoms in total. The third-order valence-electron chi connectivity index (χ3n) is 4.69. The first-order chi connectivity index (χ1) is 13.1. The van der Waals surface area contributed by atoms with Gasteiger partial charge in [0.25, 0.3) is 5.91 Å². The average molecular weight is 385 g/mol. The van der Waals surface area contributed by atoms with Gasteiger partial charge in [-0.05, 0) is 18.6 Å². The maximum absolute atomic E-state index is 12.2. The SMILES string of the molecule is CC(=NNC(=O)CN1CCN(Cc2ccccc2)CC1)c1ccccc1Cl. The molecular weight excluding hydrogens is 360 g/mol. The van der Waals surface area contributed by atoms with Crippen LogP contribution in [-0.2, 0) is 11.3 Å². The highest BCUT2D eigenvalue weighted by Gasteiger charge is 2.19. The first-order valence-corrected chi connectivity index (χ1v) is 9.56. The molecule has 1 amide bonds. The maximum atomic E-state index is 12.2. The minimum absolute atomic E-state index is 0.0992. The molecule has 6 heteroatoms. The molecule has 0 aromatic heterocycles. The van der Waals surface area contributed by atoms with Crippen LogP contribution in [0.15, 0.2) is 59.7 Å². The highest BCUT2D eigenvalue weighted by atomic mass is 35.5. The van der Waals surface area contributed by atoms with Gasteiger partial charge in [0.1, 0.15) is 0 Å². The van der Waals surface area contributed by atoms with Crippen LogP contribution in [0.3, 0.4) is 0 Å². The lowest BCUT2D eigenvalue weighted by atomic mass is 10.1. The van der Waals surface area contributed by atoms with E-state index in [2.05, 4.69) is 44.6 Å². The summed E-state index contributed by atoms with van der Waals surface area (Å²) in [5.74, 6) is -0.0992. The van der Waals surface area contributed by atoms with Crippen molar-refractivity contribution in [1.82, 2.24) is 15.2 Å². The van der Waals surface area contributed by atoms with Gasteiger partial charge >= 0.3 is 0 Å². The Hall–Kier alpha value is -2.21. The maximum Gasteiger partial charge on any atom is 0.254 e.